The molecule has 0 aliphatic carbocycles. The number of carbonyl (C=O) groups is 1. The van der Waals surface area contributed by atoms with Crippen LogP contribution in [0.25, 0.3) is 0 Å². The lowest BCUT2D eigenvalue weighted by Gasteiger charge is -2.21. The van der Waals surface area contributed by atoms with Gasteiger partial charge in [-0.05, 0) is 49.3 Å². The van der Waals surface area contributed by atoms with Crippen LogP contribution in [-0.2, 0) is 0 Å². The number of hydrogen-bond acceptors (Lipinski definition) is 3. The van der Waals surface area contributed by atoms with Crippen LogP contribution in [0.15, 0.2) is 18.2 Å². The van der Waals surface area contributed by atoms with Gasteiger partial charge in [0, 0.05) is 17.9 Å². The van der Waals surface area contributed by atoms with Crippen LogP contribution in [0.3, 0.4) is 0 Å². The molecular formula is C14H19NO2S. The quantitative estimate of drug-likeness (QED) is 0.877. The molecule has 0 bridgehead atoms. The smallest absolute Gasteiger partial charge is 0.251 e. The predicted molar refractivity (Wildman–Crippen MR) is 75.1 cm³/mol. The van der Waals surface area contributed by atoms with E-state index >= 15 is 0 Å². The highest BCUT2D eigenvalue weighted by molar-refractivity contribution is 7.99. The van der Waals surface area contributed by atoms with Crippen molar-refractivity contribution in [1.29, 1.82) is 0 Å². The summed E-state index contributed by atoms with van der Waals surface area (Å²) in [7, 11) is 0. The summed E-state index contributed by atoms with van der Waals surface area (Å²) in [6.07, 6.45) is 0.755. The third-order valence-corrected chi connectivity index (χ3v) is 4.66. The van der Waals surface area contributed by atoms with Gasteiger partial charge in [0.05, 0.1) is 5.60 Å². The van der Waals surface area contributed by atoms with Crippen LogP contribution in [0.4, 0.5) is 0 Å². The van der Waals surface area contributed by atoms with Crippen LogP contribution in [0.5, 0.6) is 0 Å². The Balaban J connectivity index is 1.97. The van der Waals surface area contributed by atoms with Crippen LogP contribution in [0.2, 0.25) is 0 Å². The van der Waals surface area contributed by atoms with Crippen LogP contribution in [-0.4, -0.2) is 34.7 Å². The molecule has 1 unspecified atom stereocenters. The monoisotopic (exact) mass is 265 g/mol. The molecule has 18 heavy (non-hydrogen) atoms. The second-order valence-electron chi connectivity index (χ2n) is 5.01. The molecule has 2 N–H and O–H groups in total. The highest BCUT2D eigenvalue weighted by Crippen LogP contribution is 2.27. The van der Waals surface area contributed by atoms with Crippen LogP contribution < -0.4 is 5.32 Å². The zero-order valence-electron chi connectivity index (χ0n) is 10.8. The van der Waals surface area contributed by atoms with Crippen LogP contribution in [0.1, 0.15) is 27.9 Å². The Morgan fingerprint density at radius 2 is 2.22 bits per heavy atom. The number of aliphatic hydroxyl groups is 1. The van der Waals surface area contributed by atoms with E-state index in [0.29, 0.717) is 17.9 Å². The Labute approximate surface area is 112 Å². The molecule has 4 heteroatoms. The maximum atomic E-state index is 12.0. The van der Waals surface area contributed by atoms with E-state index in [9.17, 15) is 9.90 Å². The summed E-state index contributed by atoms with van der Waals surface area (Å²) < 4.78 is 0. The first kappa shape index (κ1) is 13.4. The topological polar surface area (TPSA) is 49.3 Å². The fraction of sp³-hybridized carbons (Fsp3) is 0.500. The molecular weight excluding hydrogens is 246 g/mol. The van der Waals surface area contributed by atoms with E-state index in [4.69, 9.17) is 0 Å². The Hall–Kier alpha value is -1.00. The van der Waals surface area contributed by atoms with E-state index < -0.39 is 5.60 Å². The molecule has 1 aromatic carbocycles. The summed E-state index contributed by atoms with van der Waals surface area (Å²) in [6, 6.07) is 5.66. The molecule has 3 nitrogen and oxygen atoms in total. The molecule has 0 radical (unpaired) electrons. The average Bonchev–Trinajstić information content (AvgIpc) is 2.77. The summed E-state index contributed by atoms with van der Waals surface area (Å²) in [4.78, 5) is 12.0. The number of thioether (sulfide) groups is 1. The van der Waals surface area contributed by atoms with Crippen LogP contribution in [0, 0.1) is 13.8 Å². The van der Waals surface area contributed by atoms with E-state index in [2.05, 4.69) is 5.32 Å². The molecule has 1 fully saturated rings. The summed E-state index contributed by atoms with van der Waals surface area (Å²) >= 11 is 1.73. The Morgan fingerprint density at radius 1 is 1.44 bits per heavy atom. The molecule has 0 saturated carbocycles. The normalized spacial score (nSPS) is 23.1. The molecule has 1 aliphatic rings. The van der Waals surface area contributed by atoms with Gasteiger partial charge in [-0.2, -0.15) is 11.8 Å². The van der Waals surface area contributed by atoms with Crippen molar-refractivity contribution in [1.82, 2.24) is 5.32 Å². The van der Waals surface area contributed by atoms with Gasteiger partial charge in [0.25, 0.3) is 5.91 Å². The van der Waals surface area contributed by atoms with Crippen molar-refractivity contribution in [3.63, 3.8) is 0 Å². The maximum absolute atomic E-state index is 12.0. The van der Waals surface area contributed by atoms with Crippen molar-refractivity contribution < 1.29 is 9.90 Å². The summed E-state index contributed by atoms with van der Waals surface area (Å²) in [5, 5.41) is 13.0. The van der Waals surface area contributed by atoms with Gasteiger partial charge in [-0.1, -0.05) is 6.07 Å². The zero-order chi connectivity index (χ0) is 13.2. The average molecular weight is 265 g/mol. The molecule has 1 heterocycles. The minimum Gasteiger partial charge on any atom is -0.387 e. The van der Waals surface area contributed by atoms with Gasteiger partial charge in [0.1, 0.15) is 0 Å². The van der Waals surface area contributed by atoms with Gasteiger partial charge in [-0.15, -0.1) is 0 Å². The Bertz CT molecular complexity index is 453. The number of amides is 1. The second-order valence-corrected chi connectivity index (χ2v) is 6.11. The van der Waals surface area contributed by atoms with E-state index in [1.165, 1.54) is 5.56 Å². The SMILES string of the molecule is Cc1ccc(C(=O)NCC2(O)CCSC2)cc1C. The van der Waals surface area contributed by atoms with Gasteiger partial charge >= 0.3 is 0 Å². The van der Waals surface area contributed by atoms with Crippen molar-refractivity contribution in [3.05, 3.63) is 34.9 Å². The number of rotatable bonds is 3. The van der Waals surface area contributed by atoms with Crippen molar-refractivity contribution in [2.45, 2.75) is 25.9 Å². The maximum Gasteiger partial charge on any atom is 0.251 e. The van der Waals surface area contributed by atoms with Gasteiger partial charge in [-0.3, -0.25) is 4.79 Å². The van der Waals surface area contributed by atoms with E-state index in [1.54, 1.807) is 11.8 Å². The molecule has 1 aliphatic heterocycles. The first-order chi connectivity index (χ1) is 8.50. The largest absolute Gasteiger partial charge is 0.387 e. The minimum absolute atomic E-state index is 0.108. The highest BCUT2D eigenvalue weighted by Gasteiger charge is 2.31. The Kier molecular flexibility index (Phi) is 3.97. The first-order valence-corrected chi connectivity index (χ1v) is 7.31. The first-order valence-electron chi connectivity index (χ1n) is 6.16. The van der Waals surface area contributed by atoms with E-state index in [-0.39, 0.29) is 5.91 Å². The number of nitrogens with one attached hydrogen (secondary N) is 1. The number of carbonyl (C=O) groups excluding carboxylic acids is 1. The minimum atomic E-state index is -0.722. The fourth-order valence-electron chi connectivity index (χ4n) is 1.97. The van der Waals surface area contributed by atoms with E-state index in [0.717, 1.165) is 17.7 Å². The molecule has 1 saturated heterocycles. The summed E-state index contributed by atoms with van der Waals surface area (Å²) in [6.45, 7) is 4.36. The zero-order valence-corrected chi connectivity index (χ0v) is 11.6. The standard InChI is InChI=1S/C14H19NO2S/c1-10-3-4-12(7-11(10)2)13(16)15-8-14(17)5-6-18-9-14/h3-4,7,17H,5-6,8-9H2,1-2H3,(H,15,16). The lowest BCUT2D eigenvalue weighted by molar-refractivity contribution is 0.0612. The molecule has 0 aromatic heterocycles. The third kappa shape index (κ3) is 3.06. The fourth-order valence-corrected chi connectivity index (χ4v) is 3.26. The van der Waals surface area contributed by atoms with Crippen molar-refractivity contribution in [2.75, 3.05) is 18.1 Å². The van der Waals surface area contributed by atoms with Crippen molar-refractivity contribution >= 4 is 17.7 Å². The van der Waals surface area contributed by atoms with Gasteiger partial charge < -0.3 is 10.4 Å². The van der Waals surface area contributed by atoms with Crippen LogP contribution >= 0.6 is 11.8 Å². The Morgan fingerprint density at radius 3 is 2.83 bits per heavy atom. The predicted octanol–water partition coefficient (Wildman–Crippen LogP) is 1.90. The van der Waals surface area contributed by atoms with Crippen molar-refractivity contribution in [3.8, 4) is 0 Å². The van der Waals surface area contributed by atoms with Crippen molar-refractivity contribution in [2.24, 2.45) is 0 Å². The summed E-state index contributed by atoms with van der Waals surface area (Å²) in [5.74, 6) is 1.57. The van der Waals surface area contributed by atoms with Gasteiger partial charge in [0.15, 0.2) is 0 Å². The van der Waals surface area contributed by atoms with E-state index in [1.807, 2.05) is 32.0 Å². The number of hydrogen-bond donors (Lipinski definition) is 2. The molecule has 1 aromatic rings. The number of aryl methyl sites for hydroxylation is 2. The summed E-state index contributed by atoms with van der Waals surface area (Å²) in [5.41, 5.74) is 2.22. The molecule has 1 atom stereocenters. The lowest BCUT2D eigenvalue weighted by atomic mass is 10.0. The third-order valence-electron chi connectivity index (χ3n) is 3.43. The molecule has 98 valence electrons. The lowest BCUT2D eigenvalue weighted by Crippen LogP contribution is -2.42. The second kappa shape index (κ2) is 5.33. The number of benzene rings is 1. The molecule has 1 amide bonds. The molecule has 0 spiro atoms. The van der Waals surface area contributed by atoms with Gasteiger partial charge in [-0.25, -0.2) is 0 Å². The van der Waals surface area contributed by atoms with Gasteiger partial charge in [0.2, 0.25) is 0 Å². The molecule has 2 rings (SSSR count). The highest BCUT2D eigenvalue weighted by atomic mass is 32.2.